The summed E-state index contributed by atoms with van der Waals surface area (Å²) in [5.41, 5.74) is 1.32. The van der Waals surface area contributed by atoms with Crippen LogP contribution in [0, 0.1) is 5.92 Å². The van der Waals surface area contributed by atoms with Crippen LogP contribution in [-0.2, 0) is 6.54 Å². The highest BCUT2D eigenvalue weighted by molar-refractivity contribution is 7.15. The van der Waals surface area contributed by atoms with E-state index < -0.39 is 0 Å². The first kappa shape index (κ1) is 14.9. The van der Waals surface area contributed by atoms with Crippen LogP contribution < -0.4 is 10.2 Å². The van der Waals surface area contributed by atoms with E-state index >= 15 is 0 Å². The molecule has 0 saturated carbocycles. The van der Waals surface area contributed by atoms with Crippen LogP contribution in [0.1, 0.15) is 45.7 Å². The van der Waals surface area contributed by atoms with E-state index in [0.717, 1.165) is 24.0 Å². The van der Waals surface area contributed by atoms with E-state index in [1.807, 2.05) is 0 Å². The summed E-state index contributed by atoms with van der Waals surface area (Å²) in [7, 11) is 0. The maximum atomic E-state index is 4.89. The third-order valence-electron chi connectivity index (χ3n) is 4.30. The molecule has 0 amide bonds. The van der Waals surface area contributed by atoms with Gasteiger partial charge in [0.05, 0.1) is 5.69 Å². The minimum atomic E-state index is 0.494. The summed E-state index contributed by atoms with van der Waals surface area (Å²) < 4.78 is 2.25. The predicted octanol–water partition coefficient (Wildman–Crippen LogP) is 3.52. The van der Waals surface area contributed by atoms with Crippen molar-refractivity contribution in [1.29, 1.82) is 0 Å². The molecule has 3 heterocycles. The highest BCUT2D eigenvalue weighted by Gasteiger charge is 2.26. The van der Waals surface area contributed by atoms with Crippen LogP contribution in [-0.4, -0.2) is 28.5 Å². The Morgan fingerprint density at radius 1 is 1.48 bits per heavy atom. The lowest BCUT2D eigenvalue weighted by Crippen LogP contribution is -2.26. The summed E-state index contributed by atoms with van der Waals surface area (Å²) in [6.45, 7) is 9.89. The summed E-state index contributed by atoms with van der Waals surface area (Å²) >= 11 is 1.72. The third kappa shape index (κ3) is 3.09. The van der Waals surface area contributed by atoms with Crippen molar-refractivity contribution in [1.82, 2.24) is 14.7 Å². The fourth-order valence-electron chi connectivity index (χ4n) is 3.21. The zero-order chi connectivity index (χ0) is 14.8. The van der Waals surface area contributed by atoms with Gasteiger partial charge in [0.2, 0.25) is 0 Å². The Bertz CT molecular complexity index is 586. The number of nitrogens with zero attached hydrogens (tertiary/aromatic N) is 3. The zero-order valence-corrected chi connectivity index (χ0v) is 14.1. The first-order valence-corrected chi connectivity index (χ1v) is 8.99. The molecule has 0 aromatic carbocycles. The molecular weight excluding hydrogens is 280 g/mol. The number of anilines is 1. The molecule has 2 aromatic rings. The van der Waals surface area contributed by atoms with Gasteiger partial charge in [0.1, 0.15) is 0 Å². The molecule has 1 atom stereocenters. The minimum absolute atomic E-state index is 0.494. The van der Waals surface area contributed by atoms with E-state index in [4.69, 9.17) is 4.98 Å². The van der Waals surface area contributed by atoms with Crippen LogP contribution in [0.5, 0.6) is 0 Å². The second kappa shape index (κ2) is 6.36. The molecule has 0 radical (unpaired) electrons. The van der Waals surface area contributed by atoms with Crippen LogP contribution in [0.15, 0.2) is 11.6 Å². The molecule has 2 aromatic heterocycles. The summed E-state index contributed by atoms with van der Waals surface area (Å²) in [5.74, 6) is 2.05. The fraction of sp³-hybridized carbons (Fsp3) is 0.688. The minimum Gasteiger partial charge on any atom is -0.355 e. The van der Waals surface area contributed by atoms with E-state index in [1.54, 1.807) is 11.3 Å². The predicted molar refractivity (Wildman–Crippen MR) is 90.3 cm³/mol. The van der Waals surface area contributed by atoms with E-state index in [9.17, 15) is 0 Å². The van der Waals surface area contributed by atoms with Crippen LogP contribution in [0.4, 0.5) is 5.82 Å². The molecule has 0 spiro atoms. The summed E-state index contributed by atoms with van der Waals surface area (Å²) in [4.78, 5) is 8.51. The van der Waals surface area contributed by atoms with Gasteiger partial charge in [-0.25, -0.2) is 4.98 Å². The fourth-order valence-corrected chi connectivity index (χ4v) is 3.94. The number of fused-ring (bicyclic) bond motifs is 1. The largest absolute Gasteiger partial charge is 0.355 e. The van der Waals surface area contributed by atoms with Gasteiger partial charge in [0, 0.05) is 37.3 Å². The van der Waals surface area contributed by atoms with E-state index in [2.05, 4.69) is 47.0 Å². The number of thiazole rings is 1. The van der Waals surface area contributed by atoms with Gasteiger partial charge in [-0.3, -0.25) is 4.40 Å². The van der Waals surface area contributed by atoms with Crippen LogP contribution >= 0.6 is 11.3 Å². The van der Waals surface area contributed by atoms with Gasteiger partial charge in [-0.05, 0) is 18.8 Å². The molecular formula is C16H26N4S. The Labute approximate surface area is 131 Å². The molecule has 1 saturated heterocycles. The van der Waals surface area contributed by atoms with Crippen molar-refractivity contribution in [2.24, 2.45) is 5.92 Å². The maximum absolute atomic E-state index is 4.89. The highest BCUT2D eigenvalue weighted by Crippen LogP contribution is 2.30. The Morgan fingerprint density at radius 2 is 2.33 bits per heavy atom. The Hall–Kier alpha value is -1.07. The number of rotatable bonds is 6. The van der Waals surface area contributed by atoms with E-state index in [-0.39, 0.29) is 0 Å². The standard InChI is InChI=1S/C16H26N4S/c1-4-5-13-6-7-19(11-13)15-14(10-17-12(2)3)20-8-9-21-16(20)18-15/h8-9,12-13,17H,4-7,10-11H2,1-3H3. The first-order valence-electron chi connectivity index (χ1n) is 8.11. The number of aromatic nitrogens is 2. The van der Waals surface area contributed by atoms with Crippen LogP contribution in [0.2, 0.25) is 0 Å². The number of nitrogens with one attached hydrogen (secondary N) is 1. The molecule has 0 aliphatic carbocycles. The smallest absolute Gasteiger partial charge is 0.195 e. The normalized spacial score (nSPS) is 19.2. The van der Waals surface area contributed by atoms with E-state index in [1.165, 1.54) is 37.3 Å². The van der Waals surface area contributed by atoms with Crippen molar-refractivity contribution >= 4 is 22.1 Å². The Kier molecular flexibility index (Phi) is 4.50. The van der Waals surface area contributed by atoms with Gasteiger partial charge >= 0.3 is 0 Å². The molecule has 1 aliphatic heterocycles. The third-order valence-corrected chi connectivity index (χ3v) is 5.06. The van der Waals surface area contributed by atoms with Gasteiger partial charge in [-0.2, -0.15) is 0 Å². The average Bonchev–Trinajstić information content (AvgIpc) is 3.11. The summed E-state index contributed by atoms with van der Waals surface area (Å²) in [6.07, 6.45) is 6.10. The molecule has 116 valence electrons. The lowest BCUT2D eigenvalue weighted by Gasteiger charge is -2.18. The second-order valence-electron chi connectivity index (χ2n) is 6.36. The van der Waals surface area contributed by atoms with Crippen molar-refractivity contribution in [3.63, 3.8) is 0 Å². The highest BCUT2D eigenvalue weighted by atomic mass is 32.1. The monoisotopic (exact) mass is 306 g/mol. The molecule has 1 fully saturated rings. The first-order chi connectivity index (χ1) is 10.2. The quantitative estimate of drug-likeness (QED) is 0.886. The van der Waals surface area contributed by atoms with E-state index in [0.29, 0.717) is 6.04 Å². The molecule has 5 heteroatoms. The molecule has 3 rings (SSSR count). The maximum Gasteiger partial charge on any atom is 0.195 e. The number of hydrogen-bond acceptors (Lipinski definition) is 4. The number of imidazole rings is 1. The SMILES string of the molecule is CCCC1CCN(c2nc3sccn3c2CNC(C)C)C1. The second-order valence-corrected chi connectivity index (χ2v) is 7.24. The molecule has 21 heavy (non-hydrogen) atoms. The van der Waals surface area contributed by atoms with Crippen LogP contribution in [0.25, 0.3) is 4.96 Å². The van der Waals surface area contributed by atoms with Crippen molar-refractivity contribution in [3.8, 4) is 0 Å². The van der Waals surface area contributed by atoms with Gasteiger partial charge < -0.3 is 10.2 Å². The van der Waals surface area contributed by atoms with Crippen molar-refractivity contribution in [2.75, 3.05) is 18.0 Å². The molecule has 4 nitrogen and oxygen atoms in total. The Morgan fingerprint density at radius 3 is 3.10 bits per heavy atom. The number of hydrogen-bond donors (Lipinski definition) is 1. The van der Waals surface area contributed by atoms with Gasteiger partial charge in [-0.15, -0.1) is 11.3 Å². The lowest BCUT2D eigenvalue weighted by molar-refractivity contribution is 0.529. The summed E-state index contributed by atoms with van der Waals surface area (Å²) in [5, 5.41) is 5.67. The average molecular weight is 306 g/mol. The zero-order valence-electron chi connectivity index (χ0n) is 13.3. The Balaban J connectivity index is 1.83. The molecule has 1 N–H and O–H groups in total. The molecule has 1 unspecified atom stereocenters. The lowest BCUT2D eigenvalue weighted by atomic mass is 10.0. The van der Waals surface area contributed by atoms with Crippen molar-refractivity contribution in [2.45, 2.75) is 52.6 Å². The van der Waals surface area contributed by atoms with Gasteiger partial charge in [0.15, 0.2) is 10.8 Å². The topological polar surface area (TPSA) is 32.6 Å². The van der Waals surface area contributed by atoms with Gasteiger partial charge in [-0.1, -0.05) is 27.2 Å². The summed E-state index contributed by atoms with van der Waals surface area (Å²) in [6, 6.07) is 0.494. The van der Waals surface area contributed by atoms with Crippen LogP contribution in [0.3, 0.4) is 0 Å². The van der Waals surface area contributed by atoms with Crippen molar-refractivity contribution in [3.05, 3.63) is 17.3 Å². The van der Waals surface area contributed by atoms with Crippen molar-refractivity contribution < 1.29 is 0 Å². The molecule has 1 aliphatic rings. The molecule has 0 bridgehead atoms. The van der Waals surface area contributed by atoms with Gasteiger partial charge in [0.25, 0.3) is 0 Å².